The molecule has 2 amide bonds. The molecule has 1 aliphatic carbocycles. The molecule has 1 aliphatic rings. The van der Waals surface area contributed by atoms with Crippen molar-refractivity contribution in [2.24, 2.45) is 5.41 Å². The van der Waals surface area contributed by atoms with Gasteiger partial charge in [-0.05, 0) is 50.1 Å². The number of hydrogen-bond donors (Lipinski definition) is 2. The summed E-state index contributed by atoms with van der Waals surface area (Å²) in [6.45, 7) is 3.66. The van der Waals surface area contributed by atoms with Crippen molar-refractivity contribution < 1.29 is 9.59 Å². The molecule has 6 heteroatoms. The first-order chi connectivity index (χ1) is 11.7. The Labute approximate surface area is 156 Å². The number of carbonyl (C=O) groups is 2. The number of amides is 2. The molecule has 1 fully saturated rings. The number of halogens is 2. The Morgan fingerprint density at radius 3 is 2.36 bits per heavy atom. The average Bonchev–Trinajstić information content (AvgIpc) is 3.07. The highest BCUT2D eigenvalue weighted by Crippen LogP contribution is 2.64. The lowest BCUT2D eigenvalue weighted by Crippen LogP contribution is -2.27. The van der Waals surface area contributed by atoms with Crippen LogP contribution < -0.4 is 10.6 Å². The topological polar surface area (TPSA) is 58.2 Å². The fourth-order valence-electron chi connectivity index (χ4n) is 2.62. The maximum absolute atomic E-state index is 12.6. The first kappa shape index (κ1) is 17.8. The molecule has 0 aliphatic heterocycles. The van der Waals surface area contributed by atoms with Crippen molar-refractivity contribution in [2.75, 3.05) is 10.6 Å². The monoisotopic (exact) mass is 376 g/mol. The van der Waals surface area contributed by atoms with E-state index in [1.165, 1.54) is 0 Å². The highest BCUT2D eigenvalue weighted by Gasteiger charge is 2.67. The molecule has 3 rings (SSSR count). The fourth-order valence-corrected chi connectivity index (χ4v) is 3.32. The molecule has 2 aromatic rings. The molecular weight excluding hydrogens is 359 g/mol. The van der Waals surface area contributed by atoms with Crippen molar-refractivity contribution in [1.82, 2.24) is 0 Å². The largest absolute Gasteiger partial charge is 0.325 e. The highest BCUT2D eigenvalue weighted by atomic mass is 35.5. The van der Waals surface area contributed by atoms with E-state index in [0.717, 1.165) is 5.56 Å². The van der Waals surface area contributed by atoms with E-state index >= 15 is 0 Å². The van der Waals surface area contributed by atoms with Crippen molar-refractivity contribution in [1.29, 1.82) is 0 Å². The van der Waals surface area contributed by atoms with Crippen LogP contribution in [0.1, 0.15) is 29.3 Å². The Bertz CT molecular complexity index is 851. The normalized spacial score (nSPS) is 20.6. The summed E-state index contributed by atoms with van der Waals surface area (Å²) in [7, 11) is 0. The van der Waals surface area contributed by atoms with Gasteiger partial charge in [-0.15, -0.1) is 23.2 Å². The third-order valence-corrected chi connectivity index (χ3v) is 5.56. The van der Waals surface area contributed by atoms with Crippen molar-refractivity contribution in [2.45, 2.75) is 24.6 Å². The summed E-state index contributed by atoms with van der Waals surface area (Å²) in [4.78, 5) is 25.1. The fraction of sp³-hybridized carbons (Fsp3) is 0.263. The summed E-state index contributed by atoms with van der Waals surface area (Å²) in [5.41, 5.74) is 1.68. The lowest BCUT2D eigenvalue weighted by molar-refractivity contribution is -0.120. The summed E-state index contributed by atoms with van der Waals surface area (Å²) in [6, 6.07) is 14.3. The highest BCUT2D eigenvalue weighted by molar-refractivity contribution is 6.53. The Morgan fingerprint density at radius 2 is 1.72 bits per heavy atom. The number of rotatable bonds is 4. The van der Waals surface area contributed by atoms with Gasteiger partial charge in [0.05, 0.1) is 16.7 Å². The van der Waals surface area contributed by atoms with Crippen molar-refractivity contribution in [3.05, 3.63) is 59.7 Å². The minimum atomic E-state index is -1.06. The van der Waals surface area contributed by atoms with Crippen LogP contribution in [0.25, 0.3) is 0 Å². The van der Waals surface area contributed by atoms with Gasteiger partial charge < -0.3 is 10.6 Å². The van der Waals surface area contributed by atoms with Gasteiger partial charge in [0.2, 0.25) is 5.91 Å². The lowest BCUT2D eigenvalue weighted by atomic mass is 10.1. The van der Waals surface area contributed by atoms with Crippen molar-refractivity contribution in [3.8, 4) is 0 Å². The number of hydrogen-bond acceptors (Lipinski definition) is 2. The van der Waals surface area contributed by atoms with Crippen LogP contribution in [0.4, 0.5) is 11.4 Å². The first-order valence-electron chi connectivity index (χ1n) is 7.89. The zero-order valence-corrected chi connectivity index (χ0v) is 15.4. The summed E-state index contributed by atoms with van der Waals surface area (Å²) >= 11 is 12.1. The third kappa shape index (κ3) is 3.51. The number of carbonyl (C=O) groups excluding carboxylic acids is 2. The van der Waals surface area contributed by atoms with Gasteiger partial charge in [-0.3, -0.25) is 9.59 Å². The summed E-state index contributed by atoms with van der Waals surface area (Å²) < 4.78 is -1.06. The minimum absolute atomic E-state index is 0.298. The van der Waals surface area contributed by atoms with Crippen molar-refractivity contribution >= 4 is 46.4 Å². The zero-order valence-electron chi connectivity index (χ0n) is 13.9. The molecule has 2 N–H and O–H groups in total. The predicted octanol–water partition coefficient (Wildman–Crippen LogP) is 4.77. The van der Waals surface area contributed by atoms with Gasteiger partial charge in [-0.2, -0.15) is 0 Å². The second-order valence-electron chi connectivity index (χ2n) is 6.54. The SMILES string of the molecule is Cc1cccc(NC(=O)c2ccccc2NC(=O)C2(C)CC2(Cl)Cl)c1. The van der Waals surface area contributed by atoms with Crippen LogP contribution in [-0.2, 0) is 4.79 Å². The van der Waals surface area contributed by atoms with Crippen LogP contribution in [0.15, 0.2) is 48.5 Å². The van der Waals surface area contributed by atoms with Crippen LogP contribution in [0, 0.1) is 12.3 Å². The molecule has 1 unspecified atom stereocenters. The van der Waals surface area contributed by atoms with E-state index in [-0.39, 0.29) is 11.8 Å². The minimum Gasteiger partial charge on any atom is -0.325 e. The Balaban J connectivity index is 1.79. The number of alkyl halides is 2. The zero-order chi connectivity index (χ0) is 18.2. The summed E-state index contributed by atoms with van der Waals surface area (Å²) in [6.07, 6.45) is 0.382. The van der Waals surface area contributed by atoms with Gasteiger partial charge in [0.1, 0.15) is 4.33 Å². The van der Waals surface area contributed by atoms with Crippen LogP contribution in [-0.4, -0.2) is 16.1 Å². The molecule has 25 heavy (non-hydrogen) atoms. The molecule has 0 spiro atoms. The van der Waals surface area contributed by atoms with Crippen LogP contribution in [0.2, 0.25) is 0 Å². The van der Waals surface area contributed by atoms with E-state index in [1.54, 1.807) is 31.2 Å². The van der Waals surface area contributed by atoms with Crippen LogP contribution in [0.3, 0.4) is 0 Å². The molecule has 0 heterocycles. The van der Waals surface area contributed by atoms with E-state index in [1.807, 2.05) is 31.2 Å². The predicted molar refractivity (Wildman–Crippen MR) is 101 cm³/mol. The van der Waals surface area contributed by atoms with E-state index in [0.29, 0.717) is 23.4 Å². The second-order valence-corrected chi connectivity index (χ2v) is 8.02. The standard InChI is InChI=1S/C19H18Cl2N2O2/c1-12-6-5-7-13(10-12)22-16(24)14-8-3-4-9-15(14)23-17(25)18(2)11-19(18,20)21/h3-10H,11H2,1-2H3,(H,22,24)(H,23,25). The van der Waals surface area contributed by atoms with Gasteiger partial charge in [-0.1, -0.05) is 24.3 Å². The van der Waals surface area contributed by atoms with Gasteiger partial charge in [0, 0.05) is 5.69 Å². The van der Waals surface area contributed by atoms with Crippen molar-refractivity contribution in [3.63, 3.8) is 0 Å². The van der Waals surface area contributed by atoms with E-state index in [9.17, 15) is 9.59 Å². The number of nitrogens with one attached hydrogen (secondary N) is 2. The number of aryl methyl sites for hydroxylation is 1. The molecule has 2 aromatic carbocycles. The molecule has 130 valence electrons. The van der Waals surface area contributed by atoms with E-state index < -0.39 is 9.75 Å². The van der Waals surface area contributed by atoms with Gasteiger partial charge in [-0.25, -0.2) is 0 Å². The van der Waals surface area contributed by atoms with Crippen LogP contribution in [0.5, 0.6) is 0 Å². The summed E-state index contributed by atoms with van der Waals surface area (Å²) in [5, 5.41) is 5.62. The third-order valence-electron chi connectivity index (χ3n) is 4.45. The van der Waals surface area contributed by atoms with Gasteiger partial charge in [0.25, 0.3) is 5.91 Å². The Kier molecular flexibility index (Phi) is 4.52. The maximum Gasteiger partial charge on any atom is 0.257 e. The molecule has 1 saturated carbocycles. The molecule has 0 radical (unpaired) electrons. The molecule has 4 nitrogen and oxygen atoms in total. The number of benzene rings is 2. The molecule has 0 bridgehead atoms. The Morgan fingerprint density at radius 1 is 1.04 bits per heavy atom. The number of anilines is 2. The van der Waals surface area contributed by atoms with E-state index in [2.05, 4.69) is 10.6 Å². The average molecular weight is 377 g/mol. The quantitative estimate of drug-likeness (QED) is 0.754. The second kappa shape index (κ2) is 6.36. The molecule has 0 aromatic heterocycles. The lowest BCUT2D eigenvalue weighted by Gasteiger charge is -2.15. The van der Waals surface area contributed by atoms with E-state index in [4.69, 9.17) is 23.2 Å². The maximum atomic E-state index is 12.6. The molecule has 1 atom stereocenters. The smallest absolute Gasteiger partial charge is 0.257 e. The van der Waals surface area contributed by atoms with Gasteiger partial charge >= 0.3 is 0 Å². The molecule has 0 saturated heterocycles. The molecular formula is C19H18Cl2N2O2. The summed E-state index contributed by atoms with van der Waals surface area (Å²) in [5.74, 6) is -0.598. The Hall–Kier alpha value is -2.04. The first-order valence-corrected chi connectivity index (χ1v) is 8.65. The number of para-hydroxylation sites is 1. The van der Waals surface area contributed by atoms with Crippen LogP contribution >= 0.6 is 23.2 Å². The van der Waals surface area contributed by atoms with Gasteiger partial charge in [0.15, 0.2) is 0 Å².